The summed E-state index contributed by atoms with van der Waals surface area (Å²) >= 11 is 1.88. The van der Waals surface area contributed by atoms with Crippen LogP contribution >= 0.6 is 11.3 Å². The van der Waals surface area contributed by atoms with Crippen molar-refractivity contribution in [1.29, 1.82) is 0 Å². The topological polar surface area (TPSA) is 21.3 Å². The third-order valence-corrected chi connectivity index (χ3v) is 5.05. The molecule has 0 aliphatic carbocycles. The third kappa shape index (κ3) is 5.94. The predicted octanol–water partition coefficient (Wildman–Crippen LogP) is 4.40. The number of thiophene rings is 1. The van der Waals surface area contributed by atoms with E-state index in [1.165, 1.54) is 56.2 Å². The number of hydrogen-bond donors (Lipinski definition) is 1. The van der Waals surface area contributed by atoms with Gasteiger partial charge in [0.1, 0.15) is 0 Å². The first-order chi connectivity index (χ1) is 9.88. The van der Waals surface area contributed by atoms with Gasteiger partial charge in [-0.1, -0.05) is 13.0 Å². The Labute approximate surface area is 127 Å². The molecule has 0 bridgehead atoms. The van der Waals surface area contributed by atoms with E-state index in [4.69, 9.17) is 4.74 Å². The van der Waals surface area contributed by atoms with Crippen LogP contribution in [0.25, 0.3) is 0 Å². The van der Waals surface area contributed by atoms with Crippen molar-refractivity contribution in [3.8, 4) is 0 Å². The molecule has 20 heavy (non-hydrogen) atoms. The monoisotopic (exact) mass is 295 g/mol. The Hall–Kier alpha value is -0.380. The standard InChI is InChI=1S/C17H29NOS/c1-2-12-18-15(9-11-17-7-5-14-20-17)8-10-16-6-3-4-13-19-16/h5,7,14-16,18H,2-4,6,8-13H2,1H3. The van der Waals surface area contributed by atoms with E-state index in [9.17, 15) is 0 Å². The second-order valence-electron chi connectivity index (χ2n) is 5.84. The summed E-state index contributed by atoms with van der Waals surface area (Å²) in [6.07, 6.45) is 10.6. The van der Waals surface area contributed by atoms with Gasteiger partial charge in [0.05, 0.1) is 6.10 Å². The van der Waals surface area contributed by atoms with E-state index in [0.717, 1.165) is 13.2 Å². The number of ether oxygens (including phenoxy) is 1. The number of rotatable bonds is 9. The van der Waals surface area contributed by atoms with E-state index in [-0.39, 0.29) is 0 Å². The molecule has 0 amide bonds. The maximum Gasteiger partial charge on any atom is 0.0575 e. The molecule has 1 saturated heterocycles. The highest BCUT2D eigenvalue weighted by Gasteiger charge is 2.16. The smallest absolute Gasteiger partial charge is 0.0575 e. The molecule has 114 valence electrons. The zero-order valence-electron chi connectivity index (χ0n) is 12.8. The van der Waals surface area contributed by atoms with Crippen molar-refractivity contribution in [2.45, 2.75) is 70.4 Å². The predicted molar refractivity (Wildman–Crippen MR) is 87.5 cm³/mol. The van der Waals surface area contributed by atoms with Gasteiger partial charge in [-0.2, -0.15) is 0 Å². The van der Waals surface area contributed by atoms with Gasteiger partial charge in [0.25, 0.3) is 0 Å². The van der Waals surface area contributed by atoms with Gasteiger partial charge in [0, 0.05) is 17.5 Å². The molecule has 2 heterocycles. The minimum Gasteiger partial charge on any atom is -0.378 e. The van der Waals surface area contributed by atoms with Gasteiger partial charge in [-0.3, -0.25) is 0 Å². The lowest BCUT2D eigenvalue weighted by Crippen LogP contribution is -2.32. The molecular formula is C17H29NOS. The summed E-state index contributed by atoms with van der Waals surface area (Å²) in [6, 6.07) is 5.07. The number of aryl methyl sites for hydroxylation is 1. The van der Waals surface area contributed by atoms with Gasteiger partial charge in [0.2, 0.25) is 0 Å². The number of nitrogens with one attached hydrogen (secondary N) is 1. The van der Waals surface area contributed by atoms with E-state index in [2.05, 4.69) is 29.8 Å². The summed E-state index contributed by atoms with van der Waals surface area (Å²) in [5.41, 5.74) is 0. The second-order valence-corrected chi connectivity index (χ2v) is 6.87. The zero-order valence-corrected chi connectivity index (χ0v) is 13.6. The quantitative estimate of drug-likeness (QED) is 0.729. The molecule has 2 atom stereocenters. The Morgan fingerprint density at radius 2 is 2.35 bits per heavy atom. The van der Waals surface area contributed by atoms with Crippen LogP contribution in [-0.4, -0.2) is 25.3 Å². The summed E-state index contributed by atoms with van der Waals surface area (Å²) in [7, 11) is 0. The molecule has 1 fully saturated rings. The van der Waals surface area contributed by atoms with E-state index in [0.29, 0.717) is 12.1 Å². The summed E-state index contributed by atoms with van der Waals surface area (Å²) in [5, 5.41) is 5.90. The summed E-state index contributed by atoms with van der Waals surface area (Å²) < 4.78 is 5.86. The molecule has 3 heteroatoms. The van der Waals surface area contributed by atoms with Crippen LogP contribution < -0.4 is 5.32 Å². The average molecular weight is 295 g/mol. The maximum atomic E-state index is 5.86. The number of hydrogen-bond acceptors (Lipinski definition) is 3. The van der Waals surface area contributed by atoms with Gasteiger partial charge >= 0.3 is 0 Å². The fraction of sp³-hybridized carbons (Fsp3) is 0.765. The van der Waals surface area contributed by atoms with Crippen LogP contribution in [0, 0.1) is 0 Å². The van der Waals surface area contributed by atoms with Crippen molar-refractivity contribution in [1.82, 2.24) is 5.32 Å². The Morgan fingerprint density at radius 1 is 1.40 bits per heavy atom. The molecule has 1 aliphatic heterocycles. The minimum absolute atomic E-state index is 0.524. The second kappa shape index (κ2) is 9.54. The fourth-order valence-electron chi connectivity index (χ4n) is 2.89. The first-order valence-corrected chi connectivity index (χ1v) is 9.14. The van der Waals surface area contributed by atoms with Crippen LogP contribution in [0.4, 0.5) is 0 Å². The van der Waals surface area contributed by atoms with Crippen LogP contribution in [0.2, 0.25) is 0 Å². The highest BCUT2D eigenvalue weighted by molar-refractivity contribution is 7.09. The summed E-state index contributed by atoms with van der Waals surface area (Å²) in [6.45, 7) is 4.36. The molecule has 1 aromatic rings. The van der Waals surface area contributed by atoms with Gasteiger partial charge in [-0.25, -0.2) is 0 Å². The summed E-state index contributed by atoms with van der Waals surface area (Å²) in [5.74, 6) is 0. The van der Waals surface area contributed by atoms with Gasteiger partial charge in [0.15, 0.2) is 0 Å². The zero-order chi connectivity index (χ0) is 14.0. The molecule has 2 rings (SSSR count). The van der Waals surface area contributed by atoms with Gasteiger partial charge < -0.3 is 10.1 Å². The average Bonchev–Trinajstić information content (AvgIpc) is 3.01. The van der Waals surface area contributed by atoms with Crippen molar-refractivity contribution in [3.05, 3.63) is 22.4 Å². The third-order valence-electron chi connectivity index (χ3n) is 4.11. The molecule has 0 aromatic carbocycles. The molecule has 0 radical (unpaired) electrons. The van der Waals surface area contributed by atoms with Crippen LogP contribution in [0.15, 0.2) is 17.5 Å². The summed E-state index contributed by atoms with van der Waals surface area (Å²) in [4.78, 5) is 1.52. The molecule has 2 unspecified atom stereocenters. The molecule has 1 aromatic heterocycles. The molecule has 1 N–H and O–H groups in total. The van der Waals surface area contributed by atoms with Crippen LogP contribution in [-0.2, 0) is 11.2 Å². The first-order valence-electron chi connectivity index (χ1n) is 8.26. The normalized spacial score (nSPS) is 20.9. The van der Waals surface area contributed by atoms with E-state index >= 15 is 0 Å². The lowest BCUT2D eigenvalue weighted by atomic mass is 9.99. The lowest BCUT2D eigenvalue weighted by molar-refractivity contribution is 0.00846. The fourth-order valence-corrected chi connectivity index (χ4v) is 3.62. The van der Waals surface area contributed by atoms with Gasteiger partial charge in [-0.05, 0) is 69.4 Å². The Morgan fingerprint density at radius 3 is 3.05 bits per heavy atom. The molecule has 0 saturated carbocycles. The lowest BCUT2D eigenvalue weighted by Gasteiger charge is -2.25. The molecule has 1 aliphatic rings. The van der Waals surface area contributed by atoms with Crippen molar-refractivity contribution < 1.29 is 4.74 Å². The van der Waals surface area contributed by atoms with Crippen LogP contribution in [0.5, 0.6) is 0 Å². The maximum absolute atomic E-state index is 5.86. The molecule has 2 nitrogen and oxygen atoms in total. The SMILES string of the molecule is CCCNC(CCc1cccs1)CCC1CCCCO1. The highest BCUT2D eigenvalue weighted by atomic mass is 32.1. The highest BCUT2D eigenvalue weighted by Crippen LogP contribution is 2.20. The Balaban J connectivity index is 1.70. The van der Waals surface area contributed by atoms with Crippen molar-refractivity contribution in [3.63, 3.8) is 0 Å². The Bertz CT molecular complexity index is 333. The van der Waals surface area contributed by atoms with Crippen molar-refractivity contribution in [2.24, 2.45) is 0 Å². The largest absolute Gasteiger partial charge is 0.378 e. The van der Waals surface area contributed by atoms with Crippen LogP contribution in [0.1, 0.15) is 56.7 Å². The van der Waals surface area contributed by atoms with E-state index in [1.807, 2.05) is 11.3 Å². The van der Waals surface area contributed by atoms with E-state index < -0.39 is 0 Å². The first kappa shape index (κ1) is 16.0. The molecular weight excluding hydrogens is 266 g/mol. The van der Waals surface area contributed by atoms with E-state index in [1.54, 1.807) is 0 Å². The van der Waals surface area contributed by atoms with Gasteiger partial charge in [-0.15, -0.1) is 11.3 Å². The molecule has 0 spiro atoms. The van der Waals surface area contributed by atoms with Crippen molar-refractivity contribution in [2.75, 3.05) is 13.2 Å². The Kier molecular flexibility index (Phi) is 7.63. The van der Waals surface area contributed by atoms with Crippen LogP contribution in [0.3, 0.4) is 0 Å². The minimum atomic E-state index is 0.524. The van der Waals surface area contributed by atoms with Crippen molar-refractivity contribution >= 4 is 11.3 Å².